The fraction of sp³-hybridized carbons (Fsp3) is 0.375. The zero-order chi connectivity index (χ0) is 8.85. The highest BCUT2D eigenvalue weighted by atomic mass is 16.1. The normalized spacial score (nSPS) is 15.4. The quantitative estimate of drug-likeness (QED) is 0.454. The van der Waals surface area contributed by atoms with E-state index in [4.69, 9.17) is 11.5 Å². The van der Waals surface area contributed by atoms with Crippen LogP contribution in [0.3, 0.4) is 0 Å². The first kappa shape index (κ1) is 9.91. The Kier molecular flexibility index (Phi) is 4.22. The fourth-order valence-corrected chi connectivity index (χ4v) is 0.576. The Labute approximate surface area is 66.8 Å². The topological polar surface area (TPSA) is 69.1 Å². The molecule has 0 radical (unpaired) electrons. The van der Waals surface area contributed by atoms with E-state index in [-0.39, 0.29) is 6.04 Å². The number of hydrogen-bond donors (Lipinski definition) is 2. The lowest BCUT2D eigenvalue weighted by Crippen LogP contribution is -2.14. The molecule has 0 aromatic heterocycles. The Hall–Kier alpha value is -1.09. The predicted molar refractivity (Wildman–Crippen MR) is 45.7 cm³/mol. The van der Waals surface area contributed by atoms with Crippen molar-refractivity contribution in [3.63, 3.8) is 0 Å². The van der Waals surface area contributed by atoms with E-state index in [9.17, 15) is 4.79 Å². The maximum atomic E-state index is 10.6. The summed E-state index contributed by atoms with van der Waals surface area (Å²) < 4.78 is 0. The van der Waals surface area contributed by atoms with Gasteiger partial charge in [0.15, 0.2) is 0 Å². The summed E-state index contributed by atoms with van der Waals surface area (Å²) in [5.74, 6) is -0.426. The van der Waals surface area contributed by atoms with Gasteiger partial charge in [-0.2, -0.15) is 0 Å². The van der Waals surface area contributed by atoms with Crippen molar-refractivity contribution < 1.29 is 4.79 Å². The van der Waals surface area contributed by atoms with Gasteiger partial charge in [0.2, 0.25) is 5.91 Å². The summed E-state index contributed by atoms with van der Waals surface area (Å²) in [6.07, 6.45) is 5.01. The van der Waals surface area contributed by atoms with Gasteiger partial charge in [0.1, 0.15) is 0 Å². The Morgan fingerprint density at radius 2 is 2.09 bits per heavy atom. The minimum atomic E-state index is -0.426. The molecule has 4 N–H and O–H groups in total. The van der Waals surface area contributed by atoms with Crippen molar-refractivity contribution in [2.75, 3.05) is 0 Å². The van der Waals surface area contributed by atoms with Gasteiger partial charge >= 0.3 is 0 Å². The number of hydrogen-bond acceptors (Lipinski definition) is 2. The molecular weight excluding hydrogens is 140 g/mol. The second kappa shape index (κ2) is 4.68. The molecule has 62 valence electrons. The standard InChI is InChI=1S/C8H14N2O/c1-3-7(8(10)11)5-4-6(2)9/h3-6H,9H2,1-2H3,(H2,10,11)/b5-4-,7-3+. The molecular formula is C8H14N2O. The minimum absolute atomic E-state index is 0.0516. The Balaban J connectivity index is 4.22. The summed E-state index contributed by atoms with van der Waals surface area (Å²) >= 11 is 0. The van der Waals surface area contributed by atoms with Crippen LogP contribution in [0.1, 0.15) is 13.8 Å². The SMILES string of the molecule is C/C=C(\C=C/C(C)N)C(N)=O. The van der Waals surface area contributed by atoms with E-state index >= 15 is 0 Å². The van der Waals surface area contributed by atoms with Crippen LogP contribution in [0.25, 0.3) is 0 Å². The van der Waals surface area contributed by atoms with Crippen molar-refractivity contribution in [2.24, 2.45) is 11.5 Å². The summed E-state index contributed by atoms with van der Waals surface area (Å²) in [4.78, 5) is 10.6. The van der Waals surface area contributed by atoms with Crippen LogP contribution >= 0.6 is 0 Å². The van der Waals surface area contributed by atoms with Gasteiger partial charge in [-0.1, -0.05) is 18.2 Å². The van der Waals surface area contributed by atoms with Crippen LogP contribution in [0.15, 0.2) is 23.8 Å². The van der Waals surface area contributed by atoms with Crippen molar-refractivity contribution in [1.29, 1.82) is 0 Å². The number of carbonyl (C=O) groups excluding carboxylic acids is 1. The third-order valence-electron chi connectivity index (χ3n) is 1.17. The summed E-state index contributed by atoms with van der Waals surface area (Å²) in [6, 6.07) is -0.0516. The highest BCUT2D eigenvalue weighted by molar-refractivity contribution is 5.94. The summed E-state index contributed by atoms with van der Waals surface area (Å²) in [6.45, 7) is 3.58. The van der Waals surface area contributed by atoms with Gasteiger partial charge in [-0.05, 0) is 13.8 Å². The molecule has 0 aliphatic rings. The van der Waals surface area contributed by atoms with Gasteiger partial charge in [-0.15, -0.1) is 0 Å². The van der Waals surface area contributed by atoms with E-state index in [2.05, 4.69) is 0 Å². The Bertz CT molecular complexity index is 192. The monoisotopic (exact) mass is 154 g/mol. The van der Waals surface area contributed by atoms with E-state index in [1.165, 1.54) is 0 Å². The number of allylic oxidation sites excluding steroid dienone is 1. The molecule has 0 spiro atoms. The molecule has 0 rings (SSSR count). The Morgan fingerprint density at radius 3 is 2.36 bits per heavy atom. The molecule has 3 heteroatoms. The van der Waals surface area contributed by atoms with E-state index < -0.39 is 5.91 Å². The predicted octanol–water partition coefficient (Wildman–Crippen LogP) is 0.321. The molecule has 0 heterocycles. The van der Waals surface area contributed by atoms with E-state index in [0.717, 1.165) is 0 Å². The first-order valence-electron chi connectivity index (χ1n) is 3.47. The van der Waals surface area contributed by atoms with Gasteiger partial charge in [0, 0.05) is 11.6 Å². The first-order chi connectivity index (χ1) is 5.07. The van der Waals surface area contributed by atoms with E-state index in [0.29, 0.717) is 5.57 Å². The van der Waals surface area contributed by atoms with Gasteiger partial charge in [-0.25, -0.2) is 0 Å². The molecule has 0 aromatic rings. The molecule has 1 amide bonds. The molecule has 1 atom stereocenters. The van der Waals surface area contributed by atoms with Crippen LogP contribution in [0, 0.1) is 0 Å². The van der Waals surface area contributed by atoms with Crippen LogP contribution < -0.4 is 11.5 Å². The third-order valence-corrected chi connectivity index (χ3v) is 1.17. The van der Waals surface area contributed by atoms with Crippen LogP contribution in [0.4, 0.5) is 0 Å². The second-order valence-electron chi connectivity index (χ2n) is 2.33. The summed E-state index contributed by atoms with van der Waals surface area (Å²) in [7, 11) is 0. The molecule has 0 aromatic carbocycles. The van der Waals surface area contributed by atoms with Gasteiger partial charge in [0.05, 0.1) is 0 Å². The van der Waals surface area contributed by atoms with E-state index in [1.54, 1.807) is 25.2 Å². The molecule has 0 bridgehead atoms. The highest BCUT2D eigenvalue weighted by Crippen LogP contribution is 1.95. The lowest BCUT2D eigenvalue weighted by molar-refractivity contribution is -0.114. The van der Waals surface area contributed by atoms with E-state index in [1.807, 2.05) is 6.92 Å². The molecule has 0 fully saturated rings. The van der Waals surface area contributed by atoms with Crippen molar-refractivity contribution >= 4 is 5.91 Å². The number of amides is 1. The molecule has 3 nitrogen and oxygen atoms in total. The fourth-order valence-electron chi connectivity index (χ4n) is 0.576. The largest absolute Gasteiger partial charge is 0.366 e. The van der Waals surface area contributed by atoms with Gasteiger partial charge in [0.25, 0.3) is 0 Å². The summed E-state index contributed by atoms with van der Waals surface area (Å²) in [5, 5.41) is 0. The lowest BCUT2D eigenvalue weighted by atomic mass is 10.2. The molecule has 1 unspecified atom stereocenters. The Morgan fingerprint density at radius 1 is 1.55 bits per heavy atom. The summed E-state index contributed by atoms with van der Waals surface area (Å²) in [5.41, 5.74) is 11.0. The van der Waals surface area contributed by atoms with Crippen LogP contribution in [-0.2, 0) is 4.79 Å². The average molecular weight is 154 g/mol. The number of carbonyl (C=O) groups is 1. The number of primary amides is 1. The maximum Gasteiger partial charge on any atom is 0.248 e. The van der Waals surface area contributed by atoms with Crippen molar-refractivity contribution in [3.8, 4) is 0 Å². The molecule has 0 aliphatic carbocycles. The van der Waals surface area contributed by atoms with Crippen LogP contribution in [0.2, 0.25) is 0 Å². The molecule has 0 aliphatic heterocycles. The maximum absolute atomic E-state index is 10.6. The first-order valence-corrected chi connectivity index (χ1v) is 3.47. The van der Waals surface area contributed by atoms with Crippen LogP contribution in [-0.4, -0.2) is 11.9 Å². The smallest absolute Gasteiger partial charge is 0.248 e. The average Bonchev–Trinajstić information content (AvgIpc) is 1.87. The van der Waals surface area contributed by atoms with Gasteiger partial charge < -0.3 is 11.5 Å². The van der Waals surface area contributed by atoms with Gasteiger partial charge in [-0.3, -0.25) is 4.79 Å². The zero-order valence-electron chi connectivity index (χ0n) is 6.87. The van der Waals surface area contributed by atoms with Crippen molar-refractivity contribution in [1.82, 2.24) is 0 Å². The number of rotatable bonds is 3. The lowest BCUT2D eigenvalue weighted by Gasteiger charge is -1.96. The van der Waals surface area contributed by atoms with Crippen molar-refractivity contribution in [3.05, 3.63) is 23.8 Å². The highest BCUT2D eigenvalue weighted by Gasteiger charge is 1.97. The molecule has 0 saturated carbocycles. The zero-order valence-corrected chi connectivity index (χ0v) is 6.87. The van der Waals surface area contributed by atoms with Crippen molar-refractivity contribution in [2.45, 2.75) is 19.9 Å². The molecule has 11 heavy (non-hydrogen) atoms. The second-order valence-corrected chi connectivity index (χ2v) is 2.33. The third kappa shape index (κ3) is 4.33. The number of nitrogens with two attached hydrogens (primary N) is 2. The van der Waals surface area contributed by atoms with Crippen LogP contribution in [0.5, 0.6) is 0 Å². The minimum Gasteiger partial charge on any atom is -0.366 e. The molecule has 0 saturated heterocycles.